The lowest BCUT2D eigenvalue weighted by atomic mass is 9.97. The van der Waals surface area contributed by atoms with Crippen molar-refractivity contribution in [3.05, 3.63) is 0 Å². The predicted octanol–water partition coefficient (Wildman–Crippen LogP) is 2.56. The average molecular weight is 201 g/mol. The van der Waals surface area contributed by atoms with Gasteiger partial charge in [0.15, 0.2) is 0 Å². The van der Waals surface area contributed by atoms with Crippen LogP contribution in [0.4, 0.5) is 0 Å². The molecule has 0 saturated carbocycles. The van der Waals surface area contributed by atoms with E-state index < -0.39 is 0 Å². The summed E-state index contributed by atoms with van der Waals surface area (Å²) in [6, 6.07) is 0.853. The van der Waals surface area contributed by atoms with E-state index in [0.29, 0.717) is 6.04 Å². The van der Waals surface area contributed by atoms with Crippen LogP contribution in [-0.2, 0) is 0 Å². The minimum Gasteiger partial charge on any atom is -0.395 e. The molecule has 0 unspecified atom stereocenters. The van der Waals surface area contributed by atoms with Crippen LogP contribution in [0.2, 0.25) is 0 Å². The Balaban J connectivity index is 3.88. The van der Waals surface area contributed by atoms with Crippen molar-refractivity contribution in [1.82, 2.24) is 5.32 Å². The molecule has 0 radical (unpaired) electrons. The lowest BCUT2D eigenvalue weighted by Gasteiger charge is -2.25. The zero-order valence-corrected chi connectivity index (χ0v) is 10.2. The van der Waals surface area contributed by atoms with E-state index in [2.05, 4.69) is 33.0 Å². The van der Waals surface area contributed by atoms with Crippen molar-refractivity contribution in [1.29, 1.82) is 0 Å². The van der Waals surface area contributed by atoms with E-state index in [0.717, 1.165) is 18.8 Å². The molecule has 0 spiro atoms. The van der Waals surface area contributed by atoms with Gasteiger partial charge in [0.2, 0.25) is 0 Å². The number of nitrogens with one attached hydrogen (secondary N) is 1. The first kappa shape index (κ1) is 13.9. The largest absolute Gasteiger partial charge is 0.395 e. The van der Waals surface area contributed by atoms with E-state index in [-0.39, 0.29) is 12.6 Å². The van der Waals surface area contributed by atoms with Crippen molar-refractivity contribution in [2.24, 2.45) is 5.92 Å². The van der Waals surface area contributed by atoms with Crippen LogP contribution in [0.25, 0.3) is 0 Å². The highest BCUT2D eigenvalue weighted by atomic mass is 16.3. The molecule has 0 aliphatic carbocycles. The zero-order valence-electron chi connectivity index (χ0n) is 10.2. The fourth-order valence-corrected chi connectivity index (χ4v) is 1.64. The predicted molar refractivity (Wildman–Crippen MR) is 62.5 cm³/mol. The molecule has 0 bridgehead atoms. The second kappa shape index (κ2) is 8.25. The van der Waals surface area contributed by atoms with E-state index in [4.69, 9.17) is 5.11 Å². The first-order chi connectivity index (χ1) is 6.67. The molecule has 14 heavy (non-hydrogen) atoms. The topological polar surface area (TPSA) is 32.3 Å². The SMILES string of the molecule is CC[C@H](C)C[C@H](CC)N[C@@H](CC)CO. The van der Waals surface area contributed by atoms with Gasteiger partial charge in [0, 0.05) is 12.1 Å². The maximum Gasteiger partial charge on any atom is 0.0584 e. The average Bonchev–Trinajstić information content (AvgIpc) is 2.23. The van der Waals surface area contributed by atoms with Crippen molar-refractivity contribution in [3.8, 4) is 0 Å². The third-order valence-corrected chi connectivity index (χ3v) is 3.06. The number of hydrogen-bond acceptors (Lipinski definition) is 2. The van der Waals surface area contributed by atoms with Crippen molar-refractivity contribution in [3.63, 3.8) is 0 Å². The summed E-state index contributed by atoms with van der Waals surface area (Å²) in [7, 11) is 0. The molecule has 0 aliphatic rings. The fourth-order valence-electron chi connectivity index (χ4n) is 1.64. The third-order valence-electron chi connectivity index (χ3n) is 3.06. The molecule has 0 aromatic carbocycles. The van der Waals surface area contributed by atoms with Crippen molar-refractivity contribution in [2.75, 3.05) is 6.61 Å². The summed E-state index contributed by atoms with van der Waals surface area (Å²) in [6.07, 6.45) is 4.63. The molecule has 0 fully saturated rings. The molecule has 0 saturated heterocycles. The molecule has 2 nitrogen and oxygen atoms in total. The van der Waals surface area contributed by atoms with E-state index in [9.17, 15) is 0 Å². The summed E-state index contributed by atoms with van der Waals surface area (Å²) in [6.45, 7) is 9.12. The molecule has 86 valence electrons. The Kier molecular flexibility index (Phi) is 8.20. The number of aliphatic hydroxyl groups excluding tert-OH is 1. The van der Waals surface area contributed by atoms with Gasteiger partial charge in [-0.1, -0.05) is 34.1 Å². The molecular formula is C12H27NO. The highest BCUT2D eigenvalue weighted by molar-refractivity contribution is 4.73. The highest BCUT2D eigenvalue weighted by Gasteiger charge is 2.13. The van der Waals surface area contributed by atoms with Crippen LogP contribution in [0.3, 0.4) is 0 Å². The molecule has 2 heteroatoms. The van der Waals surface area contributed by atoms with Crippen molar-refractivity contribution < 1.29 is 5.11 Å². The Morgan fingerprint density at radius 3 is 1.93 bits per heavy atom. The lowest BCUT2D eigenvalue weighted by Crippen LogP contribution is -2.40. The van der Waals surface area contributed by atoms with Crippen LogP contribution in [0.1, 0.15) is 53.4 Å². The molecule has 0 aromatic heterocycles. The van der Waals surface area contributed by atoms with Gasteiger partial charge in [-0.25, -0.2) is 0 Å². The monoisotopic (exact) mass is 201 g/mol. The Bertz CT molecular complexity index is 123. The van der Waals surface area contributed by atoms with Crippen LogP contribution in [0.5, 0.6) is 0 Å². The van der Waals surface area contributed by atoms with Gasteiger partial charge in [-0.3, -0.25) is 0 Å². The van der Waals surface area contributed by atoms with E-state index >= 15 is 0 Å². The minimum absolute atomic E-state index is 0.257. The second-order valence-electron chi connectivity index (χ2n) is 4.31. The first-order valence-corrected chi connectivity index (χ1v) is 6.04. The van der Waals surface area contributed by atoms with E-state index in [1.807, 2.05) is 0 Å². The van der Waals surface area contributed by atoms with Gasteiger partial charge in [0.05, 0.1) is 6.61 Å². The third kappa shape index (κ3) is 5.61. The van der Waals surface area contributed by atoms with Gasteiger partial charge in [0.1, 0.15) is 0 Å². The molecule has 2 N–H and O–H groups in total. The number of aliphatic hydroxyl groups is 1. The van der Waals surface area contributed by atoms with E-state index in [1.165, 1.54) is 12.8 Å². The van der Waals surface area contributed by atoms with Gasteiger partial charge >= 0.3 is 0 Å². The summed E-state index contributed by atoms with van der Waals surface area (Å²) in [4.78, 5) is 0. The summed E-state index contributed by atoms with van der Waals surface area (Å²) in [5.74, 6) is 0.781. The van der Waals surface area contributed by atoms with Crippen molar-refractivity contribution in [2.45, 2.75) is 65.5 Å². The Morgan fingerprint density at radius 2 is 1.57 bits per heavy atom. The minimum atomic E-state index is 0.257. The van der Waals surface area contributed by atoms with Gasteiger partial charge in [0.25, 0.3) is 0 Å². The van der Waals surface area contributed by atoms with Crippen LogP contribution in [0.15, 0.2) is 0 Å². The Labute approximate surface area is 89.1 Å². The normalized spacial score (nSPS) is 17.8. The number of rotatable bonds is 8. The summed E-state index contributed by atoms with van der Waals surface area (Å²) in [5.41, 5.74) is 0. The van der Waals surface area contributed by atoms with Crippen LogP contribution < -0.4 is 5.32 Å². The molecular weight excluding hydrogens is 174 g/mol. The second-order valence-corrected chi connectivity index (χ2v) is 4.31. The zero-order chi connectivity index (χ0) is 11.0. The fraction of sp³-hybridized carbons (Fsp3) is 1.00. The first-order valence-electron chi connectivity index (χ1n) is 6.04. The Hall–Kier alpha value is -0.0800. The molecule has 0 aromatic rings. The van der Waals surface area contributed by atoms with Gasteiger partial charge in [-0.05, 0) is 25.2 Å². The standard InChI is InChI=1S/C12H27NO/c1-5-10(4)8-11(6-2)13-12(7-3)9-14/h10-14H,5-9H2,1-4H3/t10-,11-,12-/m0/s1. The van der Waals surface area contributed by atoms with Gasteiger partial charge < -0.3 is 10.4 Å². The van der Waals surface area contributed by atoms with Crippen LogP contribution in [0, 0.1) is 5.92 Å². The maximum atomic E-state index is 9.10. The van der Waals surface area contributed by atoms with Crippen LogP contribution >= 0.6 is 0 Å². The summed E-state index contributed by atoms with van der Waals surface area (Å²) >= 11 is 0. The maximum absolute atomic E-state index is 9.10. The van der Waals surface area contributed by atoms with E-state index in [1.54, 1.807) is 0 Å². The summed E-state index contributed by atoms with van der Waals surface area (Å²) in [5, 5.41) is 12.6. The van der Waals surface area contributed by atoms with Crippen molar-refractivity contribution >= 4 is 0 Å². The molecule has 3 atom stereocenters. The van der Waals surface area contributed by atoms with Gasteiger partial charge in [-0.15, -0.1) is 0 Å². The Morgan fingerprint density at radius 1 is 1.00 bits per heavy atom. The van der Waals surface area contributed by atoms with Crippen LogP contribution in [-0.4, -0.2) is 23.8 Å². The molecule has 0 rings (SSSR count). The smallest absolute Gasteiger partial charge is 0.0584 e. The summed E-state index contributed by atoms with van der Waals surface area (Å²) < 4.78 is 0. The highest BCUT2D eigenvalue weighted by Crippen LogP contribution is 2.12. The lowest BCUT2D eigenvalue weighted by molar-refractivity contribution is 0.218. The molecule has 0 heterocycles. The number of hydrogen-bond donors (Lipinski definition) is 2. The molecule has 0 amide bonds. The van der Waals surface area contributed by atoms with Gasteiger partial charge in [-0.2, -0.15) is 0 Å². The quantitative estimate of drug-likeness (QED) is 0.632. The molecule has 0 aliphatic heterocycles.